The average Bonchev–Trinajstić information content (AvgIpc) is 2.10. The van der Waals surface area contributed by atoms with Gasteiger partial charge in [0.25, 0.3) is 0 Å². The van der Waals surface area contributed by atoms with Crippen LogP contribution < -0.4 is 10.0 Å². The minimum Gasteiger partial charge on any atom is -0.444 e. The molecule has 0 rings (SSSR count). The average molecular weight is 252 g/mol. The van der Waals surface area contributed by atoms with Gasteiger partial charge in [0, 0.05) is 6.54 Å². The first-order valence-corrected chi connectivity index (χ1v) is 6.69. The monoisotopic (exact) mass is 252 g/mol. The molecule has 0 aliphatic carbocycles. The molecule has 7 heteroatoms. The summed E-state index contributed by atoms with van der Waals surface area (Å²) >= 11 is 0. The number of hydrogen-bond acceptors (Lipinski definition) is 4. The molecule has 0 saturated carbocycles. The number of hydrogen-bond donors (Lipinski definition) is 2. The van der Waals surface area contributed by atoms with Crippen molar-refractivity contribution in [1.29, 1.82) is 0 Å². The summed E-state index contributed by atoms with van der Waals surface area (Å²) in [6.45, 7) is 5.56. The highest BCUT2D eigenvalue weighted by molar-refractivity contribution is 7.89. The van der Waals surface area contributed by atoms with E-state index in [-0.39, 0.29) is 12.3 Å². The number of amides is 1. The van der Waals surface area contributed by atoms with Crippen LogP contribution in [0.15, 0.2) is 0 Å². The summed E-state index contributed by atoms with van der Waals surface area (Å²) in [5, 5.41) is 2.48. The summed E-state index contributed by atoms with van der Waals surface area (Å²) in [5.41, 5.74) is -0.541. The Morgan fingerprint density at radius 3 is 2.31 bits per heavy atom. The van der Waals surface area contributed by atoms with Gasteiger partial charge >= 0.3 is 6.09 Å². The molecule has 0 fully saturated rings. The molecule has 0 bridgehead atoms. The third-order valence-electron chi connectivity index (χ3n) is 1.57. The molecule has 0 aliphatic heterocycles. The fourth-order valence-corrected chi connectivity index (χ4v) is 1.60. The van der Waals surface area contributed by atoms with E-state index < -0.39 is 21.7 Å². The van der Waals surface area contributed by atoms with E-state index in [1.54, 1.807) is 20.8 Å². The standard InChI is InChI=1S/C9H20N2O4S/c1-9(2,3)15-8(12)11-6-5-7-16(13,14)10-4/h10H,5-7H2,1-4H3,(H,11,12). The highest BCUT2D eigenvalue weighted by Gasteiger charge is 2.15. The Balaban J connectivity index is 3.72. The number of carbonyl (C=O) groups is 1. The third kappa shape index (κ3) is 8.49. The van der Waals surface area contributed by atoms with Crippen molar-refractivity contribution in [2.24, 2.45) is 0 Å². The number of carbonyl (C=O) groups excluding carboxylic acids is 1. The molecule has 0 aromatic heterocycles. The first-order valence-electron chi connectivity index (χ1n) is 5.04. The maximum absolute atomic E-state index is 11.2. The summed E-state index contributed by atoms with van der Waals surface area (Å²) in [4.78, 5) is 11.2. The molecule has 6 nitrogen and oxygen atoms in total. The molecule has 0 aromatic rings. The zero-order valence-electron chi connectivity index (χ0n) is 10.2. The quantitative estimate of drug-likeness (QED) is 0.696. The third-order valence-corrected chi connectivity index (χ3v) is 3.02. The van der Waals surface area contributed by atoms with Crippen molar-refractivity contribution in [3.05, 3.63) is 0 Å². The van der Waals surface area contributed by atoms with E-state index in [2.05, 4.69) is 10.0 Å². The highest BCUT2D eigenvalue weighted by atomic mass is 32.2. The molecule has 16 heavy (non-hydrogen) atoms. The van der Waals surface area contributed by atoms with Gasteiger partial charge in [-0.05, 0) is 34.2 Å². The molecular weight excluding hydrogens is 232 g/mol. The predicted molar refractivity (Wildman–Crippen MR) is 61.7 cm³/mol. The lowest BCUT2D eigenvalue weighted by Crippen LogP contribution is -2.34. The Morgan fingerprint density at radius 2 is 1.88 bits per heavy atom. The number of alkyl carbamates (subject to hydrolysis) is 1. The molecule has 0 spiro atoms. The van der Waals surface area contributed by atoms with E-state index in [9.17, 15) is 13.2 Å². The highest BCUT2D eigenvalue weighted by Crippen LogP contribution is 2.06. The van der Waals surface area contributed by atoms with Crippen molar-refractivity contribution in [1.82, 2.24) is 10.0 Å². The summed E-state index contributed by atoms with van der Waals surface area (Å²) in [5.74, 6) is -0.0146. The molecule has 96 valence electrons. The van der Waals surface area contributed by atoms with Gasteiger partial charge in [-0.1, -0.05) is 0 Å². The molecule has 0 aromatic carbocycles. The van der Waals surface area contributed by atoms with E-state index in [1.165, 1.54) is 7.05 Å². The molecule has 0 aliphatic rings. The van der Waals surface area contributed by atoms with Crippen LogP contribution in [-0.2, 0) is 14.8 Å². The van der Waals surface area contributed by atoms with Gasteiger partial charge in [0.05, 0.1) is 5.75 Å². The largest absolute Gasteiger partial charge is 0.444 e. The number of ether oxygens (including phenoxy) is 1. The van der Waals surface area contributed by atoms with Crippen LogP contribution in [0.3, 0.4) is 0 Å². The lowest BCUT2D eigenvalue weighted by molar-refractivity contribution is 0.0528. The van der Waals surface area contributed by atoms with Crippen LogP contribution in [-0.4, -0.2) is 39.5 Å². The van der Waals surface area contributed by atoms with Crippen LogP contribution in [0.5, 0.6) is 0 Å². The van der Waals surface area contributed by atoms with Gasteiger partial charge in [0.1, 0.15) is 5.60 Å². The zero-order chi connectivity index (χ0) is 12.8. The SMILES string of the molecule is CNS(=O)(=O)CCCNC(=O)OC(C)(C)C. The molecule has 0 atom stereocenters. The molecule has 0 radical (unpaired) electrons. The van der Waals surface area contributed by atoms with Gasteiger partial charge < -0.3 is 10.1 Å². The van der Waals surface area contributed by atoms with Gasteiger partial charge in [0.15, 0.2) is 0 Å². The van der Waals surface area contributed by atoms with Crippen LogP contribution in [0.1, 0.15) is 27.2 Å². The molecule has 1 amide bonds. The van der Waals surface area contributed by atoms with Gasteiger partial charge in [-0.3, -0.25) is 0 Å². The summed E-state index contributed by atoms with van der Waals surface area (Å²) < 4.78 is 29.2. The second-order valence-corrected chi connectivity index (χ2v) is 6.35. The van der Waals surface area contributed by atoms with Gasteiger partial charge in [-0.2, -0.15) is 0 Å². The van der Waals surface area contributed by atoms with Crippen LogP contribution in [0.25, 0.3) is 0 Å². The van der Waals surface area contributed by atoms with Crippen molar-refractivity contribution in [3.8, 4) is 0 Å². The van der Waals surface area contributed by atoms with Gasteiger partial charge in [0.2, 0.25) is 10.0 Å². The van der Waals surface area contributed by atoms with Crippen LogP contribution in [0.4, 0.5) is 4.79 Å². The number of nitrogens with one attached hydrogen (secondary N) is 2. The lowest BCUT2D eigenvalue weighted by Gasteiger charge is -2.19. The number of rotatable bonds is 5. The normalized spacial score (nSPS) is 12.2. The van der Waals surface area contributed by atoms with Gasteiger partial charge in [-0.25, -0.2) is 17.9 Å². The maximum Gasteiger partial charge on any atom is 0.407 e. The van der Waals surface area contributed by atoms with Crippen molar-refractivity contribution in [3.63, 3.8) is 0 Å². The maximum atomic E-state index is 11.2. The van der Waals surface area contributed by atoms with Gasteiger partial charge in [-0.15, -0.1) is 0 Å². The Hall–Kier alpha value is -0.820. The Kier molecular flexibility index (Phi) is 5.74. The van der Waals surface area contributed by atoms with Crippen molar-refractivity contribution in [2.45, 2.75) is 32.8 Å². The van der Waals surface area contributed by atoms with E-state index in [1.807, 2.05) is 0 Å². The Morgan fingerprint density at radius 1 is 1.31 bits per heavy atom. The molecule has 0 heterocycles. The smallest absolute Gasteiger partial charge is 0.407 e. The van der Waals surface area contributed by atoms with E-state index >= 15 is 0 Å². The fourth-order valence-electron chi connectivity index (χ4n) is 0.869. The predicted octanol–water partition coefficient (Wildman–Crippen LogP) is 0.450. The van der Waals surface area contributed by atoms with Crippen LogP contribution >= 0.6 is 0 Å². The Labute approximate surface area is 96.8 Å². The number of sulfonamides is 1. The first kappa shape index (κ1) is 15.2. The van der Waals surface area contributed by atoms with Crippen molar-refractivity contribution >= 4 is 16.1 Å². The second kappa shape index (κ2) is 6.05. The van der Waals surface area contributed by atoms with E-state index in [0.717, 1.165) is 0 Å². The zero-order valence-corrected chi connectivity index (χ0v) is 11.0. The minimum absolute atomic E-state index is 0.0146. The Bertz CT molecular complexity index is 319. The molecule has 0 unspecified atom stereocenters. The summed E-state index contributed by atoms with van der Waals surface area (Å²) in [7, 11) is -1.84. The fraction of sp³-hybridized carbons (Fsp3) is 0.889. The lowest BCUT2D eigenvalue weighted by atomic mass is 10.2. The van der Waals surface area contributed by atoms with Crippen molar-refractivity contribution in [2.75, 3.05) is 19.3 Å². The summed E-state index contributed by atoms with van der Waals surface area (Å²) in [6, 6.07) is 0. The van der Waals surface area contributed by atoms with E-state index in [0.29, 0.717) is 6.42 Å². The molecular formula is C9H20N2O4S. The molecule has 2 N–H and O–H groups in total. The first-order chi connectivity index (χ1) is 7.16. The topological polar surface area (TPSA) is 84.5 Å². The van der Waals surface area contributed by atoms with Crippen LogP contribution in [0, 0.1) is 0 Å². The van der Waals surface area contributed by atoms with Crippen molar-refractivity contribution < 1.29 is 17.9 Å². The second-order valence-electron chi connectivity index (χ2n) is 4.31. The van der Waals surface area contributed by atoms with E-state index in [4.69, 9.17) is 4.74 Å². The molecule has 0 saturated heterocycles. The minimum atomic E-state index is -3.19. The van der Waals surface area contributed by atoms with Crippen LogP contribution in [0.2, 0.25) is 0 Å². The summed E-state index contributed by atoms with van der Waals surface area (Å²) in [6.07, 6.45) is -0.183.